The van der Waals surface area contributed by atoms with Crippen molar-refractivity contribution < 1.29 is 4.74 Å². The zero-order valence-electron chi connectivity index (χ0n) is 11.3. The van der Waals surface area contributed by atoms with Gasteiger partial charge in [-0.3, -0.25) is 0 Å². The Bertz CT molecular complexity index is 291. The smallest absolute Gasteiger partial charge is 0.108 e. The zero-order chi connectivity index (χ0) is 12.5. The van der Waals surface area contributed by atoms with Crippen LogP contribution < -0.4 is 5.32 Å². The number of methoxy groups -OCH3 is 1. The van der Waals surface area contributed by atoms with Crippen molar-refractivity contribution in [1.29, 1.82) is 0 Å². The molecular weight excluding hydrogens is 214 g/mol. The van der Waals surface area contributed by atoms with Gasteiger partial charge in [-0.15, -0.1) is 0 Å². The van der Waals surface area contributed by atoms with E-state index in [4.69, 9.17) is 4.74 Å². The van der Waals surface area contributed by atoms with Gasteiger partial charge >= 0.3 is 0 Å². The summed E-state index contributed by atoms with van der Waals surface area (Å²) in [5.74, 6) is 1.16. The molecule has 1 unspecified atom stereocenters. The molecule has 0 amide bonds. The molecule has 0 aliphatic rings. The van der Waals surface area contributed by atoms with Crippen molar-refractivity contribution in [3.63, 3.8) is 0 Å². The largest absolute Gasteiger partial charge is 0.385 e. The highest BCUT2D eigenvalue weighted by molar-refractivity contribution is 4.92. The maximum Gasteiger partial charge on any atom is 0.108 e. The van der Waals surface area contributed by atoms with E-state index in [1.54, 1.807) is 7.11 Å². The van der Waals surface area contributed by atoms with Crippen LogP contribution in [0.25, 0.3) is 0 Å². The van der Waals surface area contributed by atoms with E-state index in [1.165, 1.54) is 6.42 Å². The standard InChI is InChI=1S/C13H25N3O/c1-4-8-14-12(7-11-17-3)5-6-13-15-9-10-16(13)2/h9-10,12,14H,4-8,11H2,1-3H3. The lowest BCUT2D eigenvalue weighted by Crippen LogP contribution is -2.31. The number of aromatic nitrogens is 2. The maximum atomic E-state index is 5.15. The molecule has 1 N–H and O–H groups in total. The first-order valence-electron chi connectivity index (χ1n) is 6.46. The van der Waals surface area contributed by atoms with Crippen molar-refractivity contribution in [1.82, 2.24) is 14.9 Å². The molecule has 4 nitrogen and oxygen atoms in total. The van der Waals surface area contributed by atoms with Gasteiger partial charge in [0.15, 0.2) is 0 Å². The topological polar surface area (TPSA) is 39.1 Å². The molecule has 1 heterocycles. The Labute approximate surface area is 104 Å². The van der Waals surface area contributed by atoms with Gasteiger partial charge in [0, 0.05) is 45.6 Å². The molecule has 0 saturated heterocycles. The molecular formula is C13H25N3O. The number of rotatable bonds is 9. The first-order chi connectivity index (χ1) is 8.27. The fraction of sp³-hybridized carbons (Fsp3) is 0.769. The SMILES string of the molecule is CCCNC(CCOC)CCc1nccn1C. The molecule has 0 bridgehead atoms. The minimum Gasteiger partial charge on any atom is -0.385 e. The lowest BCUT2D eigenvalue weighted by Gasteiger charge is -2.17. The van der Waals surface area contributed by atoms with Crippen molar-refractivity contribution in [2.24, 2.45) is 7.05 Å². The maximum absolute atomic E-state index is 5.15. The lowest BCUT2D eigenvalue weighted by molar-refractivity contribution is 0.181. The Morgan fingerprint density at radius 1 is 1.47 bits per heavy atom. The third-order valence-corrected chi connectivity index (χ3v) is 2.99. The van der Waals surface area contributed by atoms with E-state index >= 15 is 0 Å². The summed E-state index contributed by atoms with van der Waals surface area (Å²) >= 11 is 0. The van der Waals surface area contributed by atoms with E-state index in [2.05, 4.69) is 21.8 Å². The van der Waals surface area contributed by atoms with Crippen molar-refractivity contribution in [2.75, 3.05) is 20.3 Å². The number of ether oxygens (including phenoxy) is 1. The normalized spacial score (nSPS) is 12.9. The van der Waals surface area contributed by atoms with Crippen LogP contribution in [0.2, 0.25) is 0 Å². The van der Waals surface area contributed by atoms with Crippen molar-refractivity contribution >= 4 is 0 Å². The summed E-state index contributed by atoms with van der Waals surface area (Å²) < 4.78 is 7.24. The predicted octanol–water partition coefficient (Wildman–Crippen LogP) is 1.76. The number of nitrogens with zero attached hydrogens (tertiary/aromatic N) is 2. The molecule has 0 aliphatic carbocycles. The molecule has 0 aliphatic heterocycles. The summed E-state index contributed by atoms with van der Waals surface area (Å²) in [6.45, 7) is 4.09. The highest BCUT2D eigenvalue weighted by Gasteiger charge is 2.09. The predicted molar refractivity (Wildman–Crippen MR) is 70.1 cm³/mol. The number of aryl methyl sites for hydroxylation is 2. The fourth-order valence-electron chi connectivity index (χ4n) is 1.90. The Kier molecular flexibility index (Phi) is 6.89. The van der Waals surface area contributed by atoms with E-state index < -0.39 is 0 Å². The Morgan fingerprint density at radius 2 is 2.29 bits per heavy atom. The van der Waals surface area contributed by atoms with Gasteiger partial charge in [-0.05, 0) is 25.8 Å². The van der Waals surface area contributed by atoms with Gasteiger partial charge in [0.1, 0.15) is 5.82 Å². The second kappa shape index (κ2) is 8.25. The lowest BCUT2D eigenvalue weighted by atomic mass is 10.1. The van der Waals surface area contributed by atoms with Crippen LogP contribution in [-0.2, 0) is 18.2 Å². The highest BCUT2D eigenvalue weighted by atomic mass is 16.5. The van der Waals surface area contributed by atoms with Gasteiger partial charge in [-0.1, -0.05) is 6.92 Å². The molecule has 0 radical (unpaired) electrons. The highest BCUT2D eigenvalue weighted by Crippen LogP contribution is 2.05. The fourth-order valence-corrected chi connectivity index (χ4v) is 1.90. The van der Waals surface area contributed by atoms with Gasteiger partial charge in [0.25, 0.3) is 0 Å². The molecule has 1 aromatic heterocycles. The molecule has 17 heavy (non-hydrogen) atoms. The third kappa shape index (κ3) is 5.33. The van der Waals surface area contributed by atoms with Crippen LogP contribution in [0.15, 0.2) is 12.4 Å². The van der Waals surface area contributed by atoms with Crippen LogP contribution in [0, 0.1) is 0 Å². The van der Waals surface area contributed by atoms with E-state index in [0.717, 1.165) is 38.2 Å². The van der Waals surface area contributed by atoms with Gasteiger partial charge < -0.3 is 14.6 Å². The molecule has 0 spiro atoms. The number of hydrogen-bond donors (Lipinski definition) is 1. The molecule has 1 aromatic rings. The van der Waals surface area contributed by atoms with E-state index in [9.17, 15) is 0 Å². The van der Waals surface area contributed by atoms with Crippen molar-refractivity contribution in [2.45, 2.75) is 38.6 Å². The number of hydrogen-bond acceptors (Lipinski definition) is 3. The molecule has 4 heteroatoms. The van der Waals surface area contributed by atoms with Crippen molar-refractivity contribution in [3.8, 4) is 0 Å². The van der Waals surface area contributed by atoms with Gasteiger partial charge in [-0.2, -0.15) is 0 Å². The summed E-state index contributed by atoms with van der Waals surface area (Å²) in [6, 6.07) is 0.534. The summed E-state index contributed by atoms with van der Waals surface area (Å²) in [4.78, 5) is 4.35. The second-order valence-electron chi connectivity index (χ2n) is 4.43. The average molecular weight is 239 g/mol. The van der Waals surface area contributed by atoms with Crippen LogP contribution in [0.4, 0.5) is 0 Å². The van der Waals surface area contributed by atoms with E-state index in [1.807, 2.05) is 19.4 Å². The summed E-state index contributed by atoms with van der Waals surface area (Å²) in [7, 11) is 3.81. The summed E-state index contributed by atoms with van der Waals surface area (Å²) in [5, 5.41) is 3.57. The summed E-state index contributed by atoms with van der Waals surface area (Å²) in [6.07, 6.45) is 8.24. The van der Waals surface area contributed by atoms with Crippen molar-refractivity contribution in [3.05, 3.63) is 18.2 Å². The first-order valence-corrected chi connectivity index (χ1v) is 6.46. The molecule has 0 fully saturated rings. The van der Waals surface area contributed by atoms with Crippen LogP contribution in [0.5, 0.6) is 0 Å². The minimum absolute atomic E-state index is 0.534. The zero-order valence-corrected chi connectivity index (χ0v) is 11.3. The molecule has 1 atom stereocenters. The minimum atomic E-state index is 0.534. The van der Waals surface area contributed by atoms with E-state index in [0.29, 0.717) is 6.04 Å². The molecule has 98 valence electrons. The average Bonchev–Trinajstić information content (AvgIpc) is 2.74. The Balaban J connectivity index is 2.34. The van der Waals surface area contributed by atoms with E-state index in [-0.39, 0.29) is 0 Å². The first kappa shape index (κ1) is 14.2. The number of nitrogens with one attached hydrogen (secondary N) is 1. The second-order valence-corrected chi connectivity index (χ2v) is 4.43. The molecule has 1 rings (SSSR count). The molecule has 0 aromatic carbocycles. The van der Waals surface area contributed by atoms with Gasteiger partial charge in [0.2, 0.25) is 0 Å². The van der Waals surface area contributed by atoms with Gasteiger partial charge in [0.05, 0.1) is 0 Å². The number of imidazole rings is 1. The van der Waals surface area contributed by atoms with Gasteiger partial charge in [-0.25, -0.2) is 4.98 Å². The van der Waals surface area contributed by atoms with Crippen LogP contribution in [0.1, 0.15) is 32.0 Å². The Hall–Kier alpha value is -0.870. The summed E-state index contributed by atoms with van der Waals surface area (Å²) in [5.41, 5.74) is 0. The quantitative estimate of drug-likeness (QED) is 0.713. The molecule has 0 saturated carbocycles. The monoisotopic (exact) mass is 239 g/mol. The van der Waals surface area contributed by atoms with Crippen LogP contribution >= 0.6 is 0 Å². The van der Waals surface area contributed by atoms with Crippen LogP contribution in [0.3, 0.4) is 0 Å². The Morgan fingerprint density at radius 3 is 2.88 bits per heavy atom. The third-order valence-electron chi connectivity index (χ3n) is 2.99. The van der Waals surface area contributed by atoms with Crippen LogP contribution in [-0.4, -0.2) is 35.9 Å².